The number of nitrogens with zero attached hydrogens (tertiary/aromatic N) is 3. The van der Waals surface area contributed by atoms with Gasteiger partial charge < -0.3 is 11.5 Å². The first kappa shape index (κ1) is 8.84. The predicted molar refractivity (Wildman–Crippen MR) is 63.7 cm³/mol. The van der Waals surface area contributed by atoms with E-state index in [1.165, 1.54) is 0 Å². The van der Waals surface area contributed by atoms with E-state index in [1.54, 1.807) is 6.20 Å². The van der Waals surface area contributed by atoms with Gasteiger partial charge in [-0.15, -0.1) is 0 Å². The molecule has 0 fully saturated rings. The summed E-state index contributed by atoms with van der Waals surface area (Å²) in [6.45, 7) is 0. The summed E-state index contributed by atoms with van der Waals surface area (Å²) in [5.74, 6) is 0.582. The molecule has 0 bridgehead atoms. The van der Waals surface area contributed by atoms with Crippen LogP contribution in [0.4, 0.5) is 11.8 Å². The summed E-state index contributed by atoms with van der Waals surface area (Å²) < 4.78 is 0. The Hall–Kier alpha value is -2.43. The Bertz CT molecular complexity index is 692. The van der Waals surface area contributed by atoms with E-state index in [0.717, 1.165) is 16.3 Å². The number of nitrogens with two attached hydrogens (primary N) is 2. The summed E-state index contributed by atoms with van der Waals surface area (Å²) in [5, 5.41) is 1.85. The maximum atomic E-state index is 5.83. The average Bonchev–Trinajstić information content (AvgIpc) is 2.29. The van der Waals surface area contributed by atoms with Crippen molar-refractivity contribution in [1.82, 2.24) is 15.0 Å². The Morgan fingerprint density at radius 1 is 0.938 bits per heavy atom. The number of hydrogen-bond donors (Lipinski definition) is 2. The van der Waals surface area contributed by atoms with Crippen molar-refractivity contribution < 1.29 is 0 Å². The zero-order valence-electron chi connectivity index (χ0n) is 8.38. The molecule has 5 nitrogen and oxygen atoms in total. The van der Waals surface area contributed by atoms with E-state index in [4.69, 9.17) is 11.5 Å². The van der Waals surface area contributed by atoms with Crippen LogP contribution in [0, 0.1) is 0 Å². The van der Waals surface area contributed by atoms with E-state index in [0.29, 0.717) is 11.3 Å². The molecule has 0 spiro atoms. The van der Waals surface area contributed by atoms with Gasteiger partial charge in [0.2, 0.25) is 5.95 Å². The Morgan fingerprint density at radius 3 is 2.62 bits per heavy atom. The van der Waals surface area contributed by atoms with Gasteiger partial charge in [-0.2, -0.15) is 0 Å². The predicted octanol–water partition coefficient (Wildman–Crippen LogP) is 1.34. The van der Waals surface area contributed by atoms with E-state index >= 15 is 0 Å². The van der Waals surface area contributed by atoms with Crippen molar-refractivity contribution in [3.63, 3.8) is 0 Å². The molecule has 3 aromatic rings. The minimum atomic E-state index is 0.205. The smallest absolute Gasteiger partial charge is 0.220 e. The second-order valence-corrected chi connectivity index (χ2v) is 3.50. The molecule has 5 heteroatoms. The van der Waals surface area contributed by atoms with Crippen LogP contribution >= 0.6 is 0 Å². The Labute approximate surface area is 91.1 Å². The lowest BCUT2D eigenvalue weighted by molar-refractivity contribution is 1.23. The van der Waals surface area contributed by atoms with Crippen LogP contribution in [-0.4, -0.2) is 15.0 Å². The van der Waals surface area contributed by atoms with Gasteiger partial charge in [-0.3, -0.25) is 0 Å². The highest BCUT2D eigenvalue weighted by Crippen LogP contribution is 2.25. The number of rotatable bonds is 0. The van der Waals surface area contributed by atoms with Crippen LogP contribution in [0.2, 0.25) is 0 Å². The van der Waals surface area contributed by atoms with Crippen LogP contribution in [0.15, 0.2) is 30.5 Å². The van der Waals surface area contributed by atoms with Gasteiger partial charge in [0.15, 0.2) is 5.82 Å². The number of fused-ring (bicyclic) bond motifs is 3. The quantitative estimate of drug-likeness (QED) is 0.547. The summed E-state index contributed by atoms with van der Waals surface area (Å²) >= 11 is 0. The van der Waals surface area contributed by atoms with E-state index in [1.807, 2.05) is 24.3 Å². The highest BCUT2D eigenvalue weighted by Gasteiger charge is 2.07. The lowest BCUT2D eigenvalue weighted by Gasteiger charge is -2.05. The molecule has 2 heterocycles. The molecular formula is C11H9N5. The molecule has 0 radical (unpaired) electrons. The monoisotopic (exact) mass is 211 g/mol. The molecule has 3 rings (SSSR count). The number of aromatic nitrogens is 3. The zero-order chi connectivity index (χ0) is 11.1. The van der Waals surface area contributed by atoms with Crippen molar-refractivity contribution in [2.24, 2.45) is 0 Å². The van der Waals surface area contributed by atoms with Crippen LogP contribution < -0.4 is 11.5 Å². The number of nitrogen functional groups attached to an aromatic ring is 2. The van der Waals surface area contributed by atoms with Crippen molar-refractivity contribution in [3.05, 3.63) is 30.5 Å². The fourth-order valence-corrected chi connectivity index (χ4v) is 1.77. The third-order valence-electron chi connectivity index (χ3n) is 2.49. The molecular weight excluding hydrogens is 202 g/mol. The van der Waals surface area contributed by atoms with Gasteiger partial charge in [-0.1, -0.05) is 18.2 Å². The molecule has 1 aromatic carbocycles. The van der Waals surface area contributed by atoms with Crippen molar-refractivity contribution in [2.45, 2.75) is 0 Å². The Morgan fingerprint density at radius 2 is 1.75 bits per heavy atom. The first-order valence-electron chi connectivity index (χ1n) is 4.82. The molecule has 0 aliphatic heterocycles. The fraction of sp³-hybridized carbons (Fsp3) is 0. The summed E-state index contributed by atoms with van der Waals surface area (Å²) in [4.78, 5) is 12.4. The molecule has 0 aliphatic carbocycles. The second-order valence-electron chi connectivity index (χ2n) is 3.50. The SMILES string of the molecule is Nc1ncc2c(n1)c(N)nc1ccccc12. The van der Waals surface area contributed by atoms with Crippen LogP contribution in [0.1, 0.15) is 0 Å². The highest BCUT2D eigenvalue weighted by atomic mass is 15.0. The normalized spacial score (nSPS) is 11.0. The molecule has 78 valence electrons. The van der Waals surface area contributed by atoms with E-state index < -0.39 is 0 Å². The molecule has 0 saturated carbocycles. The van der Waals surface area contributed by atoms with Crippen LogP contribution in [-0.2, 0) is 0 Å². The van der Waals surface area contributed by atoms with E-state index in [2.05, 4.69) is 15.0 Å². The highest BCUT2D eigenvalue weighted by molar-refractivity contribution is 6.07. The van der Waals surface area contributed by atoms with Crippen molar-refractivity contribution >= 4 is 33.6 Å². The topological polar surface area (TPSA) is 90.7 Å². The summed E-state index contributed by atoms with van der Waals surface area (Å²) in [7, 11) is 0. The Balaban J connectivity index is 2.59. The molecule has 0 aliphatic rings. The summed E-state index contributed by atoms with van der Waals surface area (Å²) in [5.41, 5.74) is 12.8. The zero-order valence-corrected chi connectivity index (χ0v) is 8.38. The van der Waals surface area contributed by atoms with Crippen LogP contribution in [0.3, 0.4) is 0 Å². The molecule has 4 N–H and O–H groups in total. The van der Waals surface area contributed by atoms with Gasteiger partial charge in [0, 0.05) is 17.0 Å². The standard InChI is InChI=1S/C11H9N5/c12-10-9-7(5-14-11(13)16-9)6-3-1-2-4-8(6)15-10/h1-5H,(H2,12,15)(H2,13,14,16). The molecule has 2 aromatic heterocycles. The maximum Gasteiger partial charge on any atom is 0.220 e. The molecule has 0 saturated heterocycles. The number of benzene rings is 1. The summed E-state index contributed by atoms with van der Waals surface area (Å²) in [6.07, 6.45) is 1.68. The van der Waals surface area contributed by atoms with Gasteiger partial charge in [-0.25, -0.2) is 15.0 Å². The third kappa shape index (κ3) is 1.15. The van der Waals surface area contributed by atoms with Crippen molar-refractivity contribution in [1.29, 1.82) is 0 Å². The minimum Gasteiger partial charge on any atom is -0.382 e. The van der Waals surface area contributed by atoms with Gasteiger partial charge in [-0.05, 0) is 6.07 Å². The fourth-order valence-electron chi connectivity index (χ4n) is 1.77. The number of anilines is 2. The van der Waals surface area contributed by atoms with Crippen LogP contribution in [0.5, 0.6) is 0 Å². The minimum absolute atomic E-state index is 0.205. The number of para-hydroxylation sites is 1. The van der Waals surface area contributed by atoms with Gasteiger partial charge in [0.05, 0.1) is 5.52 Å². The molecule has 0 unspecified atom stereocenters. The largest absolute Gasteiger partial charge is 0.382 e. The van der Waals surface area contributed by atoms with Crippen LogP contribution in [0.25, 0.3) is 21.8 Å². The van der Waals surface area contributed by atoms with E-state index in [9.17, 15) is 0 Å². The van der Waals surface area contributed by atoms with E-state index in [-0.39, 0.29) is 5.95 Å². The first-order valence-corrected chi connectivity index (χ1v) is 4.82. The lowest BCUT2D eigenvalue weighted by Crippen LogP contribution is -1.99. The first-order chi connectivity index (χ1) is 7.75. The van der Waals surface area contributed by atoms with Gasteiger partial charge >= 0.3 is 0 Å². The van der Waals surface area contributed by atoms with Gasteiger partial charge in [0.25, 0.3) is 0 Å². The molecule has 16 heavy (non-hydrogen) atoms. The Kier molecular flexibility index (Phi) is 1.67. The van der Waals surface area contributed by atoms with Crippen molar-refractivity contribution in [2.75, 3.05) is 11.5 Å². The second kappa shape index (κ2) is 3.03. The summed E-state index contributed by atoms with van der Waals surface area (Å²) in [6, 6.07) is 7.72. The number of hydrogen-bond acceptors (Lipinski definition) is 5. The lowest BCUT2D eigenvalue weighted by atomic mass is 10.1. The third-order valence-corrected chi connectivity index (χ3v) is 2.49. The molecule has 0 atom stereocenters. The van der Waals surface area contributed by atoms with Crippen molar-refractivity contribution in [3.8, 4) is 0 Å². The van der Waals surface area contributed by atoms with Gasteiger partial charge in [0.1, 0.15) is 5.52 Å². The molecule has 0 amide bonds. The number of pyridine rings is 1. The maximum absolute atomic E-state index is 5.83. The average molecular weight is 211 g/mol.